The van der Waals surface area contributed by atoms with Gasteiger partial charge in [-0.05, 0) is 36.2 Å². The zero-order valence-electron chi connectivity index (χ0n) is 10.2. The molecule has 4 heteroatoms. The highest BCUT2D eigenvalue weighted by Crippen LogP contribution is 2.26. The molecule has 0 fully saturated rings. The summed E-state index contributed by atoms with van der Waals surface area (Å²) in [5.74, 6) is 0.795. The first-order valence-corrected chi connectivity index (χ1v) is 5.44. The average molecular weight is 232 g/mol. The number of aryl methyl sites for hydroxylation is 2. The van der Waals surface area contributed by atoms with Gasteiger partial charge >= 0.3 is 0 Å². The highest BCUT2D eigenvalue weighted by atomic mass is 16.5. The van der Waals surface area contributed by atoms with Crippen molar-refractivity contribution in [1.29, 1.82) is 0 Å². The number of benzene rings is 1. The third-order valence-electron chi connectivity index (χ3n) is 2.91. The number of methoxy groups -OCH3 is 1. The molecule has 1 atom stereocenters. The zero-order valence-corrected chi connectivity index (χ0v) is 10.2. The molecule has 0 saturated heterocycles. The van der Waals surface area contributed by atoms with Crippen LogP contribution < -0.4 is 4.74 Å². The molecule has 0 aliphatic carbocycles. The maximum absolute atomic E-state index is 10.3. The van der Waals surface area contributed by atoms with Gasteiger partial charge in [0.25, 0.3) is 0 Å². The maximum atomic E-state index is 10.3. The Labute approximate surface area is 100 Å². The molecule has 0 radical (unpaired) electrons. The van der Waals surface area contributed by atoms with E-state index in [1.165, 1.54) is 0 Å². The van der Waals surface area contributed by atoms with Crippen molar-refractivity contribution in [2.75, 3.05) is 7.11 Å². The Kier molecular flexibility index (Phi) is 3.15. The molecule has 1 aromatic carbocycles. The summed E-state index contributed by atoms with van der Waals surface area (Å²) in [4.78, 5) is 0. The Hall–Kier alpha value is -1.81. The predicted molar refractivity (Wildman–Crippen MR) is 65.0 cm³/mol. The Morgan fingerprint density at radius 1 is 1.35 bits per heavy atom. The molecule has 1 heterocycles. The van der Waals surface area contributed by atoms with Gasteiger partial charge in [0, 0.05) is 13.2 Å². The lowest BCUT2D eigenvalue weighted by Crippen LogP contribution is -2.08. The maximum Gasteiger partial charge on any atom is 0.121 e. The van der Waals surface area contributed by atoms with Gasteiger partial charge in [-0.3, -0.25) is 4.68 Å². The molecule has 4 nitrogen and oxygen atoms in total. The third kappa shape index (κ3) is 2.17. The van der Waals surface area contributed by atoms with Crippen molar-refractivity contribution in [2.45, 2.75) is 13.0 Å². The molecule has 17 heavy (non-hydrogen) atoms. The molecule has 0 saturated carbocycles. The summed E-state index contributed by atoms with van der Waals surface area (Å²) >= 11 is 0. The van der Waals surface area contributed by atoms with E-state index in [9.17, 15) is 5.11 Å². The largest absolute Gasteiger partial charge is 0.497 e. The van der Waals surface area contributed by atoms with Gasteiger partial charge < -0.3 is 9.84 Å². The fourth-order valence-corrected chi connectivity index (χ4v) is 1.89. The third-order valence-corrected chi connectivity index (χ3v) is 2.91. The lowest BCUT2D eigenvalue weighted by molar-refractivity contribution is 0.209. The monoisotopic (exact) mass is 232 g/mol. The summed E-state index contributed by atoms with van der Waals surface area (Å²) in [5.41, 5.74) is 2.64. The van der Waals surface area contributed by atoms with E-state index in [4.69, 9.17) is 4.74 Å². The molecule has 2 aromatic rings. The summed E-state index contributed by atoms with van der Waals surface area (Å²) in [6.07, 6.45) is 1.02. The Morgan fingerprint density at radius 2 is 2.12 bits per heavy atom. The van der Waals surface area contributed by atoms with Gasteiger partial charge in [-0.2, -0.15) is 5.10 Å². The van der Waals surface area contributed by atoms with E-state index in [0.717, 1.165) is 22.6 Å². The lowest BCUT2D eigenvalue weighted by atomic mass is 10.0. The van der Waals surface area contributed by atoms with E-state index in [2.05, 4.69) is 5.10 Å². The number of aromatic nitrogens is 2. The molecule has 2 rings (SSSR count). The molecule has 1 unspecified atom stereocenters. The van der Waals surface area contributed by atoms with Crippen molar-refractivity contribution < 1.29 is 9.84 Å². The van der Waals surface area contributed by atoms with Crippen molar-refractivity contribution in [1.82, 2.24) is 9.78 Å². The van der Waals surface area contributed by atoms with Crippen molar-refractivity contribution in [3.05, 3.63) is 47.3 Å². The molecule has 90 valence electrons. The van der Waals surface area contributed by atoms with E-state index >= 15 is 0 Å². The van der Waals surface area contributed by atoms with E-state index in [1.807, 2.05) is 38.2 Å². The van der Waals surface area contributed by atoms with Crippen molar-refractivity contribution in [3.8, 4) is 5.75 Å². The van der Waals surface area contributed by atoms with Crippen LogP contribution in [-0.2, 0) is 7.05 Å². The predicted octanol–water partition coefficient (Wildman–Crippen LogP) is 1.82. The minimum absolute atomic E-state index is 0.659. The van der Waals surface area contributed by atoms with Crippen molar-refractivity contribution in [2.24, 2.45) is 7.05 Å². The summed E-state index contributed by atoms with van der Waals surface area (Å²) < 4.78 is 6.82. The van der Waals surface area contributed by atoms with Crippen LogP contribution in [0.4, 0.5) is 0 Å². The standard InChI is InChI=1S/C13H16N2O2/c1-9-8-10(17-3)4-5-11(9)13(16)12-6-7-14-15(12)2/h4-8,13,16H,1-3H3. The first-order chi connectivity index (χ1) is 8.13. The van der Waals surface area contributed by atoms with Crippen LogP contribution in [0.3, 0.4) is 0 Å². The van der Waals surface area contributed by atoms with Crippen LogP contribution in [0.5, 0.6) is 5.75 Å². The first-order valence-electron chi connectivity index (χ1n) is 5.44. The van der Waals surface area contributed by atoms with Gasteiger partial charge in [0.15, 0.2) is 0 Å². The second-order valence-electron chi connectivity index (χ2n) is 4.00. The Morgan fingerprint density at radius 3 is 2.65 bits per heavy atom. The van der Waals surface area contributed by atoms with E-state index in [-0.39, 0.29) is 0 Å². The first kappa shape index (κ1) is 11.7. The van der Waals surface area contributed by atoms with E-state index in [1.54, 1.807) is 18.0 Å². The summed E-state index contributed by atoms with van der Waals surface area (Å²) in [6.45, 7) is 1.96. The molecular formula is C13H16N2O2. The molecule has 1 N–H and O–H groups in total. The molecule has 0 spiro atoms. The second-order valence-corrected chi connectivity index (χ2v) is 4.00. The van der Waals surface area contributed by atoms with E-state index < -0.39 is 6.10 Å². The molecule has 0 bridgehead atoms. The van der Waals surface area contributed by atoms with Crippen molar-refractivity contribution >= 4 is 0 Å². The smallest absolute Gasteiger partial charge is 0.121 e. The van der Waals surface area contributed by atoms with Gasteiger partial charge in [0.1, 0.15) is 11.9 Å². The normalized spacial score (nSPS) is 12.5. The van der Waals surface area contributed by atoms with Gasteiger partial charge in [0.05, 0.1) is 12.8 Å². The van der Waals surface area contributed by atoms with Gasteiger partial charge in [-0.15, -0.1) is 0 Å². The van der Waals surface area contributed by atoms with E-state index in [0.29, 0.717) is 0 Å². The number of aliphatic hydroxyl groups is 1. The topological polar surface area (TPSA) is 47.3 Å². The molecule has 0 aliphatic rings. The molecule has 0 amide bonds. The molecular weight excluding hydrogens is 216 g/mol. The fourth-order valence-electron chi connectivity index (χ4n) is 1.89. The molecule has 0 aliphatic heterocycles. The number of aliphatic hydroxyl groups excluding tert-OH is 1. The average Bonchev–Trinajstić information content (AvgIpc) is 2.74. The fraction of sp³-hybridized carbons (Fsp3) is 0.308. The number of rotatable bonds is 3. The number of nitrogens with zero attached hydrogens (tertiary/aromatic N) is 2. The van der Waals surface area contributed by atoms with Crippen LogP contribution >= 0.6 is 0 Å². The van der Waals surface area contributed by atoms with Crippen LogP contribution in [0.2, 0.25) is 0 Å². The van der Waals surface area contributed by atoms with Crippen LogP contribution in [0, 0.1) is 6.92 Å². The summed E-state index contributed by atoms with van der Waals surface area (Å²) in [6, 6.07) is 7.46. The van der Waals surface area contributed by atoms with Gasteiger partial charge in [0.2, 0.25) is 0 Å². The highest BCUT2D eigenvalue weighted by molar-refractivity contribution is 5.38. The highest BCUT2D eigenvalue weighted by Gasteiger charge is 2.16. The van der Waals surface area contributed by atoms with Gasteiger partial charge in [-0.25, -0.2) is 0 Å². The van der Waals surface area contributed by atoms with Crippen LogP contribution in [-0.4, -0.2) is 22.0 Å². The summed E-state index contributed by atoms with van der Waals surface area (Å²) in [5, 5.41) is 14.4. The number of hydrogen-bond acceptors (Lipinski definition) is 3. The number of ether oxygens (including phenoxy) is 1. The Balaban J connectivity index is 2.38. The minimum Gasteiger partial charge on any atom is -0.497 e. The minimum atomic E-state index is -0.659. The Bertz CT molecular complexity index is 520. The summed E-state index contributed by atoms with van der Waals surface area (Å²) in [7, 11) is 3.45. The van der Waals surface area contributed by atoms with Crippen LogP contribution in [0.25, 0.3) is 0 Å². The SMILES string of the molecule is COc1ccc(C(O)c2ccnn2C)c(C)c1. The van der Waals surface area contributed by atoms with Crippen LogP contribution in [0.15, 0.2) is 30.5 Å². The quantitative estimate of drug-likeness (QED) is 0.878. The van der Waals surface area contributed by atoms with Gasteiger partial charge in [-0.1, -0.05) is 6.07 Å². The second kappa shape index (κ2) is 4.59. The zero-order chi connectivity index (χ0) is 12.4. The number of hydrogen-bond donors (Lipinski definition) is 1. The van der Waals surface area contributed by atoms with Crippen molar-refractivity contribution in [3.63, 3.8) is 0 Å². The lowest BCUT2D eigenvalue weighted by Gasteiger charge is -2.14. The van der Waals surface area contributed by atoms with Crippen LogP contribution in [0.1, 0.15) is 22.9 Å². The molecule has 1 aromatic heterocycles.